The van der Waals surface area contributed by atoms with E-state index in [0.29, 0.717) is 24.2 Å². The van der Waals surface area contributed by atoms with Crippen molar-refractivity contribution in [1.29, 1.82) is 0 Å². The molecule has 0 radical (unpaired) electrons. The van der Waals surface area contributed by atoms with E-state index in [-0.39, 0.29) is 32.9 Å². The van der Waals surface area contributed by atoms with Gasteiger partial charge in [0.1, 0.15) is 27.5 Å². The van der Waals surface area contributed by atoms with Crippen molar-refractivity contribution in [2.24, 2.45) is 5.92 Å². The number of esters is 1. The number of carbonyl (C=O) groups excluding carboxylic acids is 2. The number of allylic oxidation sites excluding steroid dienone is 2. The Labute approximate surface area is 170 Å². The SMILES string of the molecule is CCCOC1=CC(=O)C=C(C)C1C(=O)Oc1c(C)c(C)c(C(=O)O)c(O)c1Br. The van der Waals surface area contributed by atoms with Gasteiger partial charge in [0.15, 0.2) is 11.5 Å². The van der Waals surface area contributed by atoms with Crippen molar-refractivity contribution in [3.63, 3.8) is 0 Å². The highest BCUT2D eigenvalue weighted by Crippen LogP contribution is 2.42. The molecular formula is C20H21BrO7. The number of carboxylic acids is 1. The third-order valence-electron chi connectivity index (χ3n) is 4.44. The molecule has 1 aliphatic rings. The minimum absolute atomic E-state index is 0.0181. The number of hydrogen-bond acceptors (Lipinski definition) is 6. The maximum Gasteiger partial charge on any atom is 0.339 e. The number of phenols is 1. The van der Waals surface area contributed by atoms with Gasteiger partial charge in [-0.05, 0) is 65.9 Å². The van der Waals surface area contributed by atoms with E-state index in [2.05, 4.69) is 15.9 Å². The molecule has 0 amide bonds. The monoisotopic (exact) mass is 452 g/mol. The molecule has 2 N–H and O–H groups in total. The first-order valence-corrected chi connectivity index (χ1v) is 9.42. The lowest BCUT2D eigenvalue weighted by Gasteiger charge is -2.24. The van der Waals surface area contributed by atoms with Crippen LogP contribution in [0.25, 0.3) is 0 Å². The van der Waals surface area contributed by atoms with Crippen LogP contribution >= 0.6 is 15.9 Å². The smallest absolute Gasteiger partial charge is 0.339 e. The van der Waals surface area contributed by atoms with Gasteiger partial charge >= 0.3 is 11.9 Å². The molecule has 8 heteroatoms. The summed E-state index contributed by atoms with van der Waals surface area (Å²) in [6, 6.07) is 0. The number of ether oxygens (including phenoxy) is 2. The van der Waals surface area contributed by atoms with Crippen LogP contribution in [0.5, 0.6) is 11.5 Å². The third-order valence-corrected chi connectivity index (χ3v) is 5.18. The van der Waals surface area contributed by atoms with Gasteiger partial charge in [0.25, 0.3) is 0 Å². The van der Waals surface area contributed by atoms with E-state index < -0.39 is 23.6 Å². The predicted molar refractivity (Wildman–Crippen MR) is 104 cm³/mol. The molecule has 1 unspecified atom stereocenters. The molecule has 1 aromatic rings. The topological polar surface area (TPSA) is 110 Å². The van der Waals surface area contributed by atoms with Gasteiger partial charge in [-0.25, -0.2) is 4.79 Å². The Morgan fingerprint density at radius 2 is 1.82 bits per heavy atom. The first kappa shape index (κ1) is 21.7. The summed E-state index contributed by atoms with van der Waals surface area (Å²) in [5.74, 6) is -3.48. The van der Waals surface area contributed by atoms with Crippen molar-refractivity contribution in [2.75, 3.05) is 6.61 Å². The van der Waals surface area contributed by atoms with Gasteiger partial charge in [0, 0.05) is 6.08 Å². The zero-order valence-corrected chi connectivity index (χ0v) is 17.5. The fourth-order valence-electron chi connectivity index (χ4n) is 2.90. The van der Waals surface area contributed by atoms with Gasteiger partial charge in [-0.2, -0.15) is 0 Å². The number of carboxylic acid groups (broad SMARTS) is 1. The lowest BCUT2D eigenvalue weighted by atomic mass is 9.92. The van der Waals surface area contributed by atoms with E-state index >= 15 is 0 Å². The summed E-state index contributed by atoms with van der Waals surface area (Å²) in [7, 11) is 0. The van der Waals surface area contributed by atoms with Crippen LogP contribution in [-0.2, 0) is 14.3 Å². The Morgan fingerprint density at radius 3 is 2.39 bits per heavy atom. The van der Waals surface area contributed by atoms with Gasteiger partial charge in [-0.1, -0.05) is 6.92 Å². The van der Waals surface area contributed by atoms with Gasteiger partial charge in [-0.3, -0.25) is 9.59 Å². The lowest BCUT2D eigenvalue weighted by molar-refractivity contribution is -0.137. The minimum Gasteiger partial charge on any atom is -0.506 e. The summed E-state index contributed by atoms with van der Waals surface area (Å²) in [6.07, 6.45) is 3.29. The molecule has 1 aromatic carbocycles. The summed E-state index contributed by atoms with van der Waals surface area (Å²) in [4.78, 5) is 36.1. The van der Waals surface area contributed by atoms with Crippen LogP contribution < -0.4 is 4.74 Å². The number of carbonyl (C=O) groups is 3. The van der Waals surface area contributed by atoms with Crippen molar-refractivity contribution in [2.45, 2.75) is 34.1 Å². The highest BCUT2D eigenvalue weighted by atomic mass is 79.9. The molecule has 1 aliphatic carbocycles. The number of aromatic carboxylic acids is 1. The van der Waals surface area contributed by atoms with E-state index in [1.807, 2.05) is 6.92 Å². The highest BCUT2D eigenvalue weighted by molar-refractivity contribution is 9.10. The number of rotatable bonds is 6. The molecule has 7 nitrogen and oxygen atoms in total. The number of ketones is 1. The Hall–Kier alpha value is -2.61. The zero-order chi connectivity index (χ0) is 21.2. The maximum atomic E-state index is 12.9. The van der Waals surface area contributed by atoms with E-state index in [9.17, 15) is 24.6 Å². The summed E-state index contributed by atoms with van der Waals surface area (Å²) in [6.45, 7) is 6.97. The molecule has 1 atom stereocenters. The van der Waals surface area contributed by atoms with Crippen LogP contribution in [0.1, 0.15) is 41.8 Å². The summed E-state index contributed by atoms with van der Waals surface area (Å²) >= 11 is 3.11. The second-order valence-electron chi connectivity index (χ2n) is 6.46. The normalized spacial score (nSPS) is 16.3. The van der Waals surface area contributed by atoms with Gasteiger partial charge < -0.3 is 19.7 Å². The van der Waals surface area contributed by atoms with Crippen LogP contribution in [0, 0.1) is 19.8 Å². The molecule has 0 saturated heterocycles. The predicted octanol–water partition coefficient (Wildman–Crippen LogP) is 3.83. The minimum atomic E-state index is -1.29. The Morgan fingerprint density at radius 1 is 1.18 bits per heavy atom. The van der Waals surface area contributed by atoms with Crippen LogP contribution in [-0.4, -0.2) is 34.5 Å². The Kier molecular flexibility index (Phi) is 6.66. The number of hydrogen-bond donors (Lipinski definition) is 2. The molecule has 0 fully saturated rings. The molecule has 150 valence electrons. The van der Waals surface area contributed by atoms with Crippen molar-refractivity contribution in [1.82, 2.24) is 0 Å². The highest BCUT2D eigenvalue weighted by Gasteiger charge is 2.33. The molecule has 28 heavy (non-hydrogen) atoms. The summed E-state index contributed by atoms with van der Waals surface area (Å²) < 4.78 is 11.0. The third kappa shape index (κ3) is 4.11. The Balaban J connectivity index is 2.44. The standard InChI is InChI=1S/C20H21BrO7/c1-5-6-27-13-8-12(22)7-9(2)14(13)20(26)28-18-11(4)10(3)15(19(24)25)17(23)16(18)21/h7-8,14,23H,5-6H2,1-4H3,(H,24,25). The van der Waals surface area contributed by atoms with E-state index in [1.54, 1.807) is 13.8 Å². The molecular weight excluding hydrogens is 432 g/mol. The first-order valence-electron chi connectivity index (χ1n) is 8.63. The Bertz CT molecular complexity index is 883. The van der Waals surface area contributed by atoms with Crippen molar-refractivity contribution >= 4 is 33.7 Å². The average molecular weight is 453 g/mol. The second-order valence-corrected chi connectivity index (χ2v) is 7.25. The largest absolute Gasteiger partial charge is 0.506 e. The molecule has 0 bridgehead atoms. The van der Waals surface area contributed by atoms with Crippen molar-refractivity contribution in [3.8, 4) is 11.5 Å². The van der Waals surface area contributed by atoms with Crippen molar-refractivity contribution in [3.05, 3.63) is 44.6 Å². The molecule has 0 heterocycles. The lowest BCUT2D eigenvalue weighted by Crippen LogP contribution is -2.28. The molecule has 0 aliphatic heterocycles. The van der Waals surface area contributed by atoms with Crippen LogP contribution in [0.2, 0.25) is 0 Å². The van der Waals surface area contributed by atoms with Crippen molar-refractivity contribution < 1.29 is 34.1 Å². The number of halogens is 1. The van der Waals surface area contributed by atoms with E-state index in [0.717, 1.165) is 0 Å². The van der Waals surface area contributed by atoms with Gasteiger partial charge in [0.2, 0.25) is 0 Å². The quantitative estimate of drug-likeness (QED) is 0.498. The fourth-order valence-corrected chi connectivity index (χ4v) is 3.48. The number of benzene rings is 1. The summed E-state index contributed by atoms with van der Waals surface area (Å²) in [5, 5.41) is 19.5. The van der Waals surface area contributed by atoms with E-state index in [4.69, 9.17) is 9.47 Å². The van der Waals surface area contributed by atoms with E-state index in [1.165, 1.54) is 19.1 Å². The summed E-state index contributed by atoms with van der Waals surface area (Å²) in [5.41, 5.74) is 0.875. The number of aromatic hydroxyl groups is 1. The van der Waals surface area contributed by atoms with Crippen LogP contribution in [0.3, 0.4) is 0 Å². The van der Waals surface area contributed by atoms with Gasteiger partial charge in [-0.15, -0.1) is 0 Å². The van der Waals surface area contributed by atoms with Crippen LogP contribution in [0.15, 0.2) is 28.0 Å². The molecule has 0 aromatic heterocycles. The molecule has 0 saturated carbocycles. The zero-order valence-electron chi connectivity index (χ0n) is 16.0. The van der Waals surface area contributed by atoms with Gasteiger partial charge in [0.05, 0.1) is 6.61 Å². The molecule has 2 rings (SSSR count). The molecule has 0 spiro atoms. The average Bonchev–Trinajstić information content (AvgIpc) is 2.61. The fraction of sp³-hybridized carbons (Fsp3) is 0.350. The first-order chi connectivity index (χ1) is 13.1. The van der Waals surface area contributed by atoms with Crippen LogP contribution in [0.4, 0.5) is 0 Å². The second kappa shape index (κ2) is 8.60. The maximum absolute atomic E-state index is 12.9.